The van der Waals surface area contributed by atoms with Gasteiger partial charge in [0, 0.05) is 93.7 Å². The molecule has 3 aromatic rings. The van der Waals surface area contributed by atoms with Crippen LogP contribution in [0.15, 0.2) is 77.6 Å². The first-order valence-corrected chi connectivity index (χ1v) is 22.6. The molecule has 68 heavy (non-hydrogen) atoms. The van der Waals surface area contributed by atoms with Crippen molar-refractivity contribution in [1.29, 1.82) is 0 Å². The third kappa shape index (κ3) is 11.5. The molecule has 1 fully saturated rings. The van der Waals surface area contributed by atoms with Crippen molar-refractivity contribution in [2.24, 2.45) is 28.8 Å². The van der Waals surface area contributed by atoms with Crippen LogP contribution in [0.3, 0.4) is 0 Å². The number of carbonyl (C=O) groups is 3. The molecule has 0 aromatic heterocycles. The number of Topliss-reactive ketones (excluding diaryl/α,β-unsaturated/α-hetero) is 1. The van der Waals surface area contributed by atoms with Crippen LogP contribution >= 0.6 is 0 Å². The number of hydrogen-bond acceptors (Lipinski definition) is 15. The number of amides is 1. The largest absolute Gasteiger partial charge is 1.00 e. The maximum atomic E-state index is 14.6. The second-order valence-electron chi connectivity index (χ2n) is 17.9. The second-order valence-corrected chi connectivity index (χ2v) is 17.9. The van der Waals surface area contributed by atoms with Crippen LogP contribution in [0, 0.1) is 30.6 Å². The van der Waals surface area contributed by atoms with Gasteiger partial charge in [-0.1, -0.05) is 94.2 Å². The van der Waals surface area contributed by atoms with E-state index in [1.165, 1.54) is 59.4 Å². The number of hydrazone groups is 1. The fourth-order valence-corrected chi connectivity index (χ4v) is 8.94. The maximum Gasteiger partial charge on any atom is 1.00 e. The van der Waals surface area contributed by atoms with Crippen LogP contribution in [-0.2, 0) is 23.8 Å². The third-order valence-electron chi connectivity index (χ3n) is 13.2. The van der Waals surface area contributed by atoms with Crippen LogP contribution in [-0.4, -0.2) is 124 Å². The number of carbonyl (C=O) groups excluding carboxylic acids is 3. The number of ether oxygens (including phenoxy) is 4. The average molecular weight is 947 g/mol. The van der Waals surface area contributed by atoms with Gasteiger partial charge in [0.25, 0.3) is 11.7 Å². The van der Waals surface area contributed by atoms with Crippen molar-refractivity contribution in [3.8, 4) is 23.0 Å². The number of nitrogens with zero attached hydrogens (tertiary/aromatic N) is 3. The summed E-state index contributed by atoms with van der Waals surface area (Å²) in [5, 5.41) is 69.8. The molecule has 0 unspecified atom stereocenters. The Morgan fingerprint density at radius 2 is 1.65 bits per heavy atom. The van der Waals surface area contributed by atoms with E-state index in [1.807, 2.05) is 30.3 Å². The van der Waals surface area contributed by atoms with E-state index in [9.17, 15) is 39.9 Å². The van der Waals surface area contributed by atoms with E-state index in [4.69, 9.17) is 18.9 Å². The SMILES string of the molecule is CO[C@H]1/C=C/O[C@@]2(C)Oc3c(C)c([O-])c4c(O)c(c(/C=N\N5CCN(C/C=C/c6ccccc6)CC5)c(O)c4c3C2=O)NC(=O)/C(C)=C\C=C\[C@H](C)[C@H](O)[C@@H](C)[C@@H](O)[C@@H](C)[C@H](OC(C)=O)[C@@H]1C.[Na+]. The van der Waals surface area contributed by atoms with Gasteiger partial charge in [-0.15, -0.1) is 0 Å². The summed E-state index contributed by atoms with van der Waals surface area (Å²) in [6.07, 6.45) is 8.91. The van der Waals surface area contributed by atoms with Gasteiger partial charge in [-0.05, 0) is 31.1 Å². The van der Waals surface area contributed by atoms with Crippen molar-refractivity contribution < 1.29 is 88.4 Å². The van der Waals surface area contributed by atoms with E-state index in [0.717, 1.165) is 12.1 Å². The molecule has 5 N–H and O–H groups in total. The summed E-state index contributed by atoms with van der Waals surface area (Å²) in [5.41, 5.74) is 0.480. The summed E-state index contributed by atoms with van der Waals surface area (Å²) in [6, 6.07) is 10.00. The van der Waals surface area contributed by atoms with Crippen LogP contribution in [0.1, 0.15) is 75.5 Å². The molecule has 360 valence electrons. The fourth-order valence-electron chi connectivity index (χ4n) is 8.94. The van der Waals surface area contributed by atoms with E-state index in [2.05, 4.69) is 27.5 Å². The number of hydrogen-bond donors (Lipinski definition) is 5. The summed E-state index contributed by atoms with van der Waals surface area (Å²) in [4.78, 5) is 43.1. The minimum atomic E-state index is -2.09. The van der Waals surface area contributed by atoms with Crippen molar-refractivity contribution in [2.45, 2.75) is 85.6 Å². The molecule has 5 bridgehead atoms. The molecule has 17 heteroatoms. The van der Waals surface area contributed by atoms with Crippen LogP contribution in [0.2, 0.25) is 0 Å². The molecule has 0 saturated carbocycles. The van der Waals surface area contributed by atoms with Crippen LogP contribution < -0.4 is 44.7 Å². The van der Waals surface area contributed by atoms with Crippen molar-refractivity contribution in [3.63, 3.8) is 0 Å². The van der Waals surface area contributed by atoms with Gasteiger partial charge in [0.2, 0.25) is 0 Å². The molecule has 1 amide bonds. The number of piperazine rings is 1. The van der Waals surface area contributed by atoms with E-state index in [1.54, 1.807) is 44.9 Å². The van der Waals surface area contributed by atoms with Gasteiger partial charge in [0.15, 0.2) is 0 Å². The standard InChI is InChI=1S/C51H64N4O12.Na/c1-28-15-13-16-29(2)50(63)53-41-36(27-52-55-24-22-54(23-25-55)21-14-19-35-17-11-10-12-18-35)45(60)38-39(46(41)61)44(59)33(6)48-40(38)49(62)51(8,67-48)65-26-20-37(64-9)30(3)47(66-34(7)56)32(5)43(58)31(4)42(28)57;/h10-20,26-28,30-32,37,42-43,47,57-61H,21-25H2,1-9H3,(H,53,63);/q;+1/p-1/b15-13+,19-14+,26-20+,29-16-,52-27-;/t28-,30+,31+,32+,37-,42-,43+,47+,51-;/m0./s1. The minimum absolute atomic E-state index is 0. The maximum absolute atomic E-state index is 14.6. The van der Waals surface area contributed by atoms with Gasteiger partial charge < -0.3 is 49.8 Å². The number of rotatable bonds is 7. The van der Waals surface area contributed by atoms with E-state index < -0.39 is 94.2 Å². The van der Waals surface area contributed by atoms with E-state index in [-0.39, 0.29) is 68.6 Å². The number of benzene rings is 3. The monoisotopic (exact) mass is 946 g/mol. The summed E-state index contributed by atoms with van der Waals surface area (Å²) < 4.78 is 23.7. The molecular weight excluding hydrogens is 884 g/mol. The number of nitrogens with one attached hydrogen (secondary N) is 1. The number of phenolic OH excluding ortho intramolecular Hbond substituents is 2. The molecule has 0 spiro atoms. The van der Waals surface area contributed by atoms with Gasteiger partial charge in [0.05, 0.1) is 47.6 Å². The zero-order valence-electron chi connectivity index (χ0n) is 40.6. The Hall–Kier alpha value is -5.20. The number of methoxy groups -OCH3 is 1. The number of fused-ring (bicyclic) bond motifs is 14. The second kappa shape index (κ2) is 22.9. The summed E-state index contributed by atoms with van der Waals surface area (Å²) in [7, 11) is 1.43. The zero-order valence-corrected chi connectivity index (χ0v) is 42.6. The topological polar surface area (TPSA) is 223 Å². The number of anilines is 1. The van der Waals surface area contributed by atoms with Crippen LogP contribution in [0.25, 0.3) is 16.8 Å². The quantitative estimate of drug-likeness (QED) is 0.0756. The normalized spacial score (nSPS) is 29.3. The molecule has 0 aliphatic carbocycles. The predicted octanol–water partition coefficient (Wildman–Crippen LogP) is 2.79. The van der Waals surface area contributed by atoms with E-state index in [0.29, 0.717) is 26.2 Å². The first kappa shape index (κ1) is 53.8. The molecule has 3 aromatic carbocycles. The Labute approximate surface area is 419 Å². The molecule has 4 aliphatic heterocycles. The Morgan fingerprint density at radius 3 is 2.29 bits per heavy atom. The smallest absolute Gasteiger partial charge is 0.872 e. The Balaban J connectivity index is 0.00000864. The molecule has 1 saturated heterocycles. The zero-order chi connectivity index (χ0) is 48.9. The van der Waals surface area contributed by atoms with Gasteiger partial charge in [-0.2, -0.15) is 5.10 Å². The van der Waals surface area contributed by atoms with E-state index >= 15 is 0 Å². The molecule has 4 aliphatic rings. The Bertz CT molecular complexity index is 2480. The van der Waals surface area contributed by atoms with Gasteiger partial charge in [-0.3, -0.25) is 24.3 Å². The molecule has 0 radical (unpaired) electrons. The first-order valence-electron chi connectivity index (χ1n) is 22.6. The fraction of sp³-hybridized carbons (Fsp3) is 0.451. The van der Waals surface area contributed by atoms with Crippen molar-refractivity contribution in [2.75, 3.05) is 45.2 Å². The number of aliphatic hydroxyl groups excluding tert-OH is 2. The number of ketones is 1. The number of phenols is 2. The van der Waals surface area contributed by atoms with Crippen molar-refractivity contribution in [1.82, 2.24) is 9.91 Å². The number of esters is 1. The van der Waals surface area contributed by atoms with Gasteiger partial charge in [0.1, 0.15) is 23.4 Å². The molecule has 9 atom stereocenters. The van der Waals surface area contributed by atoms with Gasteiger partial charge >= 0.3 is 41.3 Å². The number of allylic oxidation sites excluding steroid dienone is 2. The molecule has 4 heterocycles. The molecule has 7 rings (SSSR count). The van der Waals surface area contributed by atoms with Gasteiger partial charge in [-0.25, -0.2) is 0 Å². The minimum Gasteiger partial charge on any atom is -0.872 e. The summed E-state index contributed by atoms with van der Waals surface area (Å²) in [6.45, 7) is 15.5. The Morgan fingerprint density at radius 1 is 0.971 bits per heavy atom. The van der Waals surface area contributed by atoms with Crippen LogP contribution in [0.4, 0.5) is 5.69 Å². The van der Waals surface area contributed by atoms with Crippen LogP contribution in [0.5, 0.6) is 23.0 Å². The summed E-state index contributed by atoms with van der Waals surface area (Å²) in [5.74, 6) is -8.96. The number of aliphatic hydroxyl groups is 2. The van der Waals surface area contributed by atoms with Crippen molar-refractivity contribution in [3.05, 3.63) is 94.8 Å². The third-order valence-corrected chi connectivity index (χ3v) is 13.2. The predicted molar refractivity (Wildman–Crippen MR) is 253 cm³/mol. The van der Waals surface area contributed by atoms with Crippen molar-refractivity contribution >= 4 is 46.4 Å². The molecular formula is C51H63N4NaO12. The Kier molecular flexibility index (Phi) is 18.1. The first-order chi connectivity index (χ1) is 31.8. The number of aromatic hydroxyl groups is 2. The summed E-state index contributed by atoms with van der Waals surface area (Å²) >= 11 is 0. The molecule has 16 nitrogen and oxygen atoms in total. The average Bonchev–Trinajstić information content (AvgIpc) is 3.57.